The number of aromatic nitrogens is 2. The van der Waals surface area contributed by atoms with E-state index < -0.39 is 12.8 Å². The Kier molecular flexibility index (Phi) is 5.64. The summed E-state index contributed by atoms with van der Waals surface area (Å²) < 4.78 is 41.9. The van der Waals surface area contributed by atoms with E-state index in [9.17, 15) is 13.2 Å². The van der Waals surface area contributed by atoms with Gasteiger partial charge in [0.2, 0.25) is 0 Å². The number of anilines is 1. The molecule has 1 aliphatic rings. The smallest absolute Gasteiger partial charge is 0.369 e. The summed E-state index contributed by atoms with van der Waals surface area (Å²) in [4.78, 5) is 8.65. The van der Waals surface area contributed by atoms with Gasteiger partial charge in [-0.05, 0) is 41.9 Å². The van der Waals surface area contributed by atoms with Gasteiger partial charge in [0.15, 0.2) is 5.82 Å². The molecular weight excluding hydrogens is 398 g/mol. The van der Waals surface area contributed by atoms with E-state index in [2.05, 4.69) is 42.6 Å². The van der Waals surface area contributed by atoms with E-state index in [4.69, 9.17) is 0 Å². The zero-order valence-corrected chi connectivity index (χ0v) is 13.8. The Labute approximate surface area is 135 Å². The second-order valence-corrected chi connectivity index (χ2v) is 6.08. The first kappa shape index (κ1) is 16.7. The minimum absolute atomic E-state index is 0.225. The van der Waals surface area contributed by atoms with Crippen molar-refractivity contribution in [3.8, 4) is 0 Å². The van der Waals surface area contributed by atoms with Gasteiger partial charge >= 0.3 is 6.18 Å². The molecule has 0 unspecified atom stereocenters. The molecule has 118 valence electrons. The van der Waals surface area contributed by atoms with E-state index in [-0.39, 0.29) is 6.61 Å². The van der Waals surface area contributed by atoms with Crippen LogP contribution in [0, 0.1) is 3.57 Å². The SMILES string of the molecule is CCCNc1nc(COCC(F)(F)F)nc(C2CC2)c1I. The van der Waals surface area contributed by atoms with Crippen molar-refractivity contribution in [2.24, 2.45) is 0 Å². The number of hydrogen-bond donors (Lipinski definition) is 1. The third-order valence-electron chi connectivity index (χ3n) is 2.93. The van der Waals surface area contributed by atoms with Crippen LogP contribution in [0.5, 0.6) is 0 Å². The Morgan fingerprint density at radius 2 is 2.05 bits per heavy atom. The van der Waals surface area contributed by atoms with Crippen LogP contribution in [0.15, 0.2) is 0 Å². The van der Waals surface area contributed by atoms with Crippen LogP contribution in [-0.4, -0.2) is 29.3 Å². The standard InChI is InChI=1S/C13H17F3IN3O/c1-2-5-18-12-10(17)11(8-3-4-8)19-9(20-12)6-21-7-13(14,15)16/h8H,2-7H2,1H3,(H,18,19,20). The lowest BCUT2D eigenvalue weighted by atomic mass is 10.2. The lowest BCUT2D eigenvalue weighted by Crippen LogP contribution is -2.18. The predicted octanol–water partition coefficient (Wildman–Crippen LogP) is 3.86. The van der Waals surface area contributed by atoms with Gasteiger partial charge in [-0.1, -0.05) is 6.92 Å². The monoisotopic (exact) mass is 415 g/mol. The Hall–Kier alpha value is -0.640. The van der Waals surface area contributed by atoms with Gasteiger partial charge in [0.25, 0.3) is 0 Å². The fourth-order valence-corrected chi connectivity index (χ4v) is 2.70. The van der Waals surface area contributed by atoms with E-state index in [1.807, 2.05) is 6.92 Å². The van der Waals surface area contributed by atoms with E-state index in [1.165, 1.54) is 0 Å². The molecule has 0 spiro atoms. The zero-order valence-electron chi connectivity index (χ0n) is 11.6. The molecular formula is C13H17F3IN3O. The van der Waals surface area contributed by atoms with Gasteiger partial charge in [0.05, 0.1) is 9.26 Å². The quantitative estimate of drug-likeness (QED) is 0.688. The Morgan fingerprint density at radius 3 is 2.62 bits per heavy atom. The number of ether oxygens (including phenoxy) is 1. The molecule has 4 nitrogen and oxygen atoms in total. The molecule has 0 radical (unpaired) electrons. The largest absolute Gasteiger partial charge is 0.411 e. The summed E-state index contributed by atoms with van der Waals surface area (Å²) in [5.41, 5.74) is 0.926. The first-order valence-corrected chi connectivity index (χ1v) is 7.93. The molecule has 0 amide bonds. The summed E-state index contributed by atoms with van der Waals surface area (Å²) in [6.45, 7) is 1.30. The minimum atomic E-state index is -4.33. The van der Waals surface area contributed by atoms with Crippen LogP contribution in [0.4, 0.5) is 19.0 Å². The molecule has 0 atom stereocenters. The minimum Gasteiger partial charge on any atom is -0.369 e. The first-order valence-electron chi connectivity index (χ1n) is 6.85. The molecule has 0 saturated heterocycles. The van der Waals surface area contributed by atoms with Crippen molar-refractivity contribution in [1.82, 2.24) is 9.97 Å². The first-order chi connectivity index (χ1) is 9.90. The van der Waals surface area contributed by atoms with Crippen molar-refractivity contribution in [1.29, 1.82) is 0 Å². The zero-order chi connectivity index (χ0) is 15.5. The average Bonchev–Trinajstić information content (AvgIpc) is 3.21. The molecule has 1 N–H and O–H groups in total. The van der Waals surface area contributed by atoms with Crippen molar-refractivity contribution in [3.05, 3.63) is 15.1 Å². The molecule has 1 aromatic rings. The summed E-state index contributed by atoms with van der Waals surface area (Å²) in [7, 11) is 0. The van der Waals surface area contributed by atoms with E-state index >= 15 is 0 Å². The molecule has 0 aromatic carbocycles. The van der Waals surface area contributed by atoms with Crippen molar-refractivity contribution in [2.75, 3.05) is 18.5 Å². The number of nitrogens with zero attached hydrogens (tertiary/aromatic N) is 2. The molecule has 1 aliphatic carbocycles. The topological polar surface area (TPSA) is 47.0 Å². The lowest BCUT2D eigenvalue weighted by molar-refractivity contribution is -0.177. The van der Waals surface area contributed by atoms with Crippen LogP contribution in [-0.2, 0) is 11.3 Å². The van der Waals surface area contributed by atoms with Crippen LogP contribution in [0.25, 0.3) is 0 Å². The van der Waals surface area contributed by atoms with Crippen LogP contribution in [0.2, 0.25) is 0 Å². The van der Waals surface area contributed by atoms with E-state index in [0.717, 1.165) is 35.1 Å². The van der Waals surface area contributed by atoms with Crippen molar-refractivity contribution < 1.29 is 17.9 Å². The van der Waals surface area contributed by atoms with Crippen molar-refractivity contribution >= 4 is 28.4 Å². The van der Waals surface area contributed by atoms with Gasteiger partial charge in [0.1, 0.15) is 19.0 Å². The molecule has 1 saturated carbocycles. The highest BCUT2D eigenvalue weighted by molar-refractivity contribution is 14.1. The summed E-state index contributed by atoms with van der Waals surface area (Å²) in [5, 5.41) is 3.20. The van der Waals surface area contributed by atoms with Crippen LogP contribution in [0.3, 0.4) is 0 Å². The summed E-state index contributed by atoms with van der Waals surface area (Å²) in [6.07, 6.45) is -1.24. The van der Waals surface area contributed by atoms with Crippen LogP contribution in [0.1, 0.15) is 43.6 Å². The number of alkyl halides is 3. The maximum absolute atomic E-state index is 12.1. The number of rotatable bonds is 7. The van der Waals surface area contributed by atoms with E-state index in [0.29, 0.717) is 17.6 Å². The Bertz CT molecular complexity index is 492. The van der Waals surface area contributed by atoms with Crippen molar-refractivity contribution in [3.63, 3.8) is 0 Å². The molecule has 0 bridgehead atoms. The summed E-state index contributed by atoms with van der Waals surface area (Å²) >= 11 is 2.19. The Morgan fingerprint density at radius 1 is 1.33 bits per heavy atom. The molecule has 21 heavy (non-hydrogen) atoms. The summed E-state index contributed by atoms with van der Waals surface area (Å²) in [6, 6.07) is 0. The summed E-state index contributed by atoms with van der Waals surface area (Å²) in [5.74, 6) is 1.41. The third-order valence-corrected chi connectivity index (χ3v) is 3.99. The lowest BCUT2D eigenvalue weighted by Gasteiger charge is -2.13. The number of halogens is 4. The van der Waals surface area contributed by atoms with Gasteiger partial charge in [-0.2, -0.15) is 13.2 Å². The van der Waals surface area contributed by atoms with Crippen molar-refractivity contribution in [2.45, 2.75) is 44.9 Å². The highest BCUT2D eigenvalue weighted by atomic mass is 127. The molecule has 1 heterocycles. The second-order valence-electron chi connectivity index (χ2n) is 5.00. The third kappa shape index (κ3) is 5.24. The predicted molar refractivity (Wildman–Crippen MR) is 81.2 cm³/mol. The van der Waals surface area contributed by atoms with Gasteiger partial charge < -0.3 is 10.1 Å². The fourth-order valence-electron chi connectivity index (χ4n) is 1.82. The highest BCUT2D eigenvalue weighted by Crippen LogP contribution is 2.42. The van der Waals surface area contributed by atoms with E-state index in [1.54, 1.807) is 0 Å². The molecule has 2 rings (SSSR count). The van der Waals surface area contributed by atoms with Gasteiger partial charge in [-0.25, -0.2) is 9.97 Å². The van der Waals surface area contributed by atoms with Gasteiger partial charge in [-0.15, -0.1) is 0 Å². The Balaban J connectivity index is 2.10. The molecule has 1 aromatic heterocycles. The van der Waals surface area contributed by atoms with Gasteiger partial charge in [-0.3, -0.25) is 0 Å². The molecule has 8 heteroatoms. The van der Waals surface area contributed by atoms with Gasteiger partial charge in [0, 0.05) is 12.5 Å². The second kappa shape index (κ2) is 7.08. The number of hydrogen-bond acceptors (Lipinski definition) is 4. The maximum Gasteiger partial charge on any atom is 0.411 e. The maximum atomic E-state index is 12.1. The van der Waals surface area contributed by atoms with Crippen LogP contribution < -0.4 is 5.32 Å². The fraction of sp³-hybridized carbons (Fsp3) is 0.692. The molecule has 0 aliphatic heterocycles. The van der Waals surface area contributed by atoms with Crippen LogP contribution >= 0.6 is 22.6 Å². The molecule has 1 fully saturated rings. The average molecular weight is 415 g/mol. The highest BCUT2D eigenvalue weighted by Gasteiger charge is 2.30. The number of nitrogens with one attached hydrogen (secondary N) is 1. The normalized spacial score (nSPS) is 15.3.